The van der Waals surface area contributed by atoms with E-state index in [1.807, 2.05) is 32.0 Å². The number of rotatable bonds is 3. The van der Waals surface area contributed by atoms with Gasteiger partial charge in [0.05, 0.1) is 11.1 Å². The molecular weight excluding hydrogens is 338 g/mol. The summed E-state index contributed by atoms with van der Waals surface area (Å²) in [5.74, 6) is 2.03. The maximum atomic E-state index is 6.44. The van der Waals surface area contributed by atoms with Crippen molar-refractivity contribution in [3.63, 3.8) is 0 Å². The van der Waals surface area contributed by atoms with Crippen molar-refractivity contribution in [2.24, 2.45) is 5.73 Å². The molecule has 0 amide bonds. The molecule has 25 heavy (non-hydrogen) atoms. The Hall–Kier alpha value is -2.18. The average molecular weight is 360 g/mol. The zero-order valence-electron chi connectivity index (χ0n) is 14.4. The minimum absolute atomic E-state index is 0. The summed E-state index contributed by atoms with van der Waals surface area (Å²) in [6, 6.07) is 7.92. The van der Waals surface area contributed by atoms with Crippen molar-refractivity contribution in [1.82, 2.24) is 19.7 Å². The predicted molar refractivity (Wildman–Crippen MR) is 97.9 cm³/mol. The first-order chi connectivity index (χ1) is 11.6. The first kappa shape index (κ1) is 17.6. The van der Waals surface area contributed by atoms with Crippen LogP contribution in [0.3, 0.4) is 0 Å². The lowest BCUT2D eigenvalue weighted by molar-refractivity contribution is 0.372. The molecule has 0 spiro atoms. The van der Waals surface area contributed by atoms with Gasteiger partial charge in [0.25, 0.3) is 5.89 Å². The Labute approximate surface area is 152 Å². The van der Waals surface area contributed by atoms with Gasteiger partial charge in [-0.1, -0.05) is 24.1 Å². The number of aryl methyl sites for hydroxylation is 1. The zero-order chi connectivity index (χ0) is 16.7. The summed E-state index contributed by atoms with van der Waals surface area (Å²) in [5.41, 5.74) is 9.03. The van der Waals surface area contributed by atoms with E-state index in [4.69, 9.17) is 10.3 Å². The number of nitrogens with two attached hydrogens (primary N) is 1. The zero-order valence-corrected chi connectivity index (χ0v) is 15.2. The third kappa shape index (κ3) is 2.96. The number of pyridine rings is 1. The maximum Gasteiger partial charge on any atom is 0.259 e. The lowest BCUT2D eigenvalue weighted by Crippen LogP contribution is -2.34. The number of aromatic nitrogens is 4. The van der Waals surface area contributed by atoms with Gasteiger partial charge in [-0.05, 0) is 44.9 Å². The molecule has 0 bridgehead atoms. The molecule has 0 atom stereocenters. The highest BCUT2D eigenvalue weighted by Crippen LogP contribution is 2.36. The van der Waals surface area contributed by atoms with E-state index in [1.165, 1.54) is 0 Å². The van der Waals surface area contributed by atoms with E-state index in [2.05, 4.69) is 25.8 Å². The van der Waals surface area contributed by atoms with E-state index < -0.39 is 5.54 Å². The topological polar surface area (TPSA) is 82.8 Å². The monoisotopic (exact) mass is 359 g/mol. The average Bonchev–Trinajstić information content (AvgIpc) is 3.28. The standard InChI is InChI=1S/C18H21N5O.ClH/c1-12-11-14(13(2)23(12)15-7-3-6-10-20-15)16-21-17(22-24-16)18(19)8-4-5-9-18;/h3,6-7,10-11H,4-5,8-9,19H2,1-2H3;1H. The summed E-state index contributed by atoms with van der Waals surface area (Å²) in [5, 5.41) is 4.16. The summed E-state index contributed by atoms with van der Waals surface area (Å²) < 4.78 is 7.63. The molecule has 1 aliphatic carbocycles. The van der Waals surface area contributed by atoms with E-state index in [9.17, 15) is 0 Å². The largest absolute Gasteiger partial charge is 0.334 e. The second-order valence-corrected chi connectivity index (χ2v) is 6.59. The highest BCUT2D eigenvalue weighted by molar-refractivity contribution is 5.85. The molecule has 3 aromatic rings. The van der Waals surface area contributed by atoms with Crippen molar-refractivity contribution in [1.29, 1.82) is 0 Å². The number of hydrogen-bond donors (Lipinski definition) is 1. The SMILES string of the molecule is Cc1cc(-c2nc(C3(N)CCCC3)no2)c(C)n1-c1ccccn1.Cl. The van der Waals surface area contributed by atoms with Gasteiger partial charge in [0.1, 0.15) is 5.82 Å². The quantitative estimate of drug-likeness (QED) is 0.771. The van der Waals surface area contributed by atoms with Crippen molar-refractivity contribution in [3.8, 4) is 17.3 Å². The molecule has 1 aliphatic rings. The van der Waals surface area contributed by atoms with Crippen molar-refractivity contribution < 1.29 is 4.52 Å². The lowest BCUT2D eigenvalue weighted by atomic mass is 9.99. The number of nitrogens with zero attached hydrogens (tertiary/aromatic N) is 4. The Kier molecular flexibility index (Phi) is 4.67. The maximum absolute atomic E-state index is 6.44. The van der Waals surface area contributed by atoms with Gasteiger partial charge in [-0.2, -0.15) is 4.98 Å². The van der Waals surface area contributed by atoms with Crippen LogP contribution < -0.4 is 5.73 Å². The molecule has 3 heterocycles. The van der Waals surface area contributed by atoms with Crippen LogP contribution in [0.2, 0.25) is 0 Å². The first-order valence-corrected chi connectivity index (χ1v) is 8.32. The van der Waals surface area contributed by atoms with E-state index in [0.29, 0.717) is 11.7 Å². The Morgan fingerprint density at radius 1 is 1.20 bits per heavy atom. The van der Waals surface area contributed by atoms with Crippen LogP contribution in [-0.4, -0.2) is 19.7 Å². The molecule has 132 valence electrons. The van der Waals surface area contributed by atoms with Gasteiger partial charge in [0.2, 0.25) is 0 Å². The van der Waals surface area contributed by atoms with Crippen LogP contribution >= 0.6 is 12.4 Å². The predicted octanol–water partition coefficient (Wildman–Crippen LogP) is 3.69. The van der Waals surface area contributed by atoms with Crippen LogP contribution in [0.25, 0.3) is 17.3 Å². The van der Waals surface area contributed by atoms with Crippen LogP contribution in [0.1, 0.15) is 42.9 Å². The highest BCUT2D eigenvalue weighted by Gasteiger charge is 2.36. The van der Waals surface area contributed by atoms with Crippen LogP contribution in [0.5, 0.6) is 0 Å². The Bertz CT molecular complexity index is 865. The summed E-state index contributed by atoms with van der Waals surface area (Å²) in [4.78, 5) is 9.04. The number of hydrogen-bond acceptors (Lipinski definition) is 5. The summed E-state index contributed by atoms with van der Waals surface area (Å²) in [6.45, 7) is 4.08. The first-order valence-electron chi connectivity index (χ1n) is 8.32. The van der Waals surface area contributed by atoms with Crippen LogP contribution in [0.4, 0.5) is 0 Å². The summed E-state index contributed by atoms with van der Waals surface area (Å²) in [6.07, 6.45) is 5.86. The van der Waals surface area contributed by atoms with Crippen molar-refractivity contribution in [2.45, 2.75) is 45.1 Å². The lowest BCUT2D eigenvalue weighted by Gasteiger charge is -2.17. The molecular formula is C18H22ClN5O. The molecule has 0 aliphatic heterocycles. The molecule has 3 aromatic heterocycles. The van der Waals surface area contributed by atoms with Crippen LogP contribution in [-0.2, 0) is 5.54 Å². The Balaban J connectivity index is 0.00000182. The van der Waals surface area contributed by atoms with Crippen molar-refractivity contribution >= 4 is 12.4 Å². The third-order valence-corrected chi connectivity index (χ3v) is 4.91. The molecule has 7 heteroatoms. The van der Waals surface area contributed by atoms with Gasteiger partial charge in [0, 0.05) is 17.6 Å². The van der Waals surface area contributed by atoms with E-state index in [-0.39, 0.29) is 12.4 Å². The third-order valence-electron chi connectivity index (χ3n) is 4.91. The molecule has 6 nitrogen and oxygen atoms in total. The fraction of sp³-hybridized carbons (Fsp3) is 0.389. The fourth-order valence-corrected chi connectivity index (χ4v) is 3.58. The van der Waals surface area contributed by atoms with Gasteiger partial charge in [0.15, 0.2) is 5.82 Å². The second-order valence-electron chi connectivity index (χ2n) is 6.59. The smallest absolute Gasteiger partial charge is 0.259 e. The van der Waals surface area contributed by atoms with Crippen LogP contribution in [0, 0.1) is 13.8 Å². The molecule has 0 saturated heterocycles. The minimum Gasteiger partial charge on any atom is -0.334 e. The van der Waals surface area contributed by atoms with Gasteiger partial charge in [-0.15, -0.1) is 12.4 Å². The van der Waals surface area contributed by atoms with Gasteiger partial charge in [-0.3, -0.25) is 0 Å². The normalized spacial score (nSPS) is 16.0. The Morgan fingerprint density at radius 2 is 1.96 bits per heavy atom. The molecule has 1 fully saturated rings. The molecule has 0 aromatic carbocycles. The van der Waals surface area contributed by atoms with Crippen molar-refractivity contribution in [2.75, 3.05) is 0 Å². The summed E-state index contributed by atoms with van der Waals surface area (Å²) in [7, 11) is 0. The molecule has 0 radical (unpaired) electrons. The fourth-order valence-electron chi connectivity index (χ4n) is 3.58. The molecule has 2 N–H and O–H groups in total. The second kappa shape index (κ2) is 6.61. The van der Waals surface area contributed by atoms with Crippen molar-refractivity contribution in [3.05, 3.63) is 47.7 Å². The molecule has 1 saturated carbocycles. The van der Waals surface area contributed by atoms with E-state index in [0.717, 1.165) is 48.5 Å². The Morgan fingerprint density at radius 3 is 2.64 bits per heavy atom. The van der Waals surface area contributed by atoms with E-state index in [1.54, 1.807) is 6.20 Å². The van der Waals surface area contributed by atoms with E-state index >= 15 is 0 Å². The van der Waals surface area contributed by atoms with Gasteiger partial charge >= 0.3 is 0 Å². The molecule has 0 unspecified atom stereocenters. The minimum atomic E-state index is -0.436. The van der Waals surface area contributed by atoms with Crippen LogP contribution in [0.15, 0.2) is 35.0 Å². The summed E-state index contributed by atoms with van der Waals surface area (Å²) >= 11 is 0. The highest BCUT2D eigenvalue weighted by atomic mass is 35.5. The van der Waals surface area contributed by atoms with Gasteiger partial charge in [-0.25, -0.2) is 4.98 Å². The number of halogens is 1. The van der Waals surface area contributed by atoms with Gasteiger partial charge < -0.3 is 14.8 Å². The molecule has 4 rings (SSSR count).